The highest BCUT2D eigenvalue weighted by molar-refractivity contribution is 5.75. The van der Waals surface area contributed by atoms with Gasteiger partial charge in [-0.25, -0.2) is 13.8 Å². The number of nitrogens with one attached hydrogen (secondary N) is 1. The average molecular weight is 208 g/mol. The minimum atomic E-state index is -0.594. The highest BCUT2D eigenvalue weighted by Crippen LogP contribution is 2.32. The number of benzene rings is 1. The van der Waals surface area contributed by atoms with E-state index in [1.807, 2.05) is 0 Å². The molecule has 0 spiro atoms. The van der Waals surface area contributed by atoms with Crippen LogP contribution in [0.1, 0.15) is 18.7 Å². The normalized spacial score (nSPS) is 16.1. The van der Waals surface area contributed by atoms with Crippen molar-refractivity contribution in [2.75, 3.05) is 0 Å². The van der Waals surface area contributed by atoms with Crippen LogP contribution in [0.15, 0.2) is 12.1 Å². The lowest BCUT2D eigenvalue weighted by molar-refractivity contribution is 0.590. The number of nitrogens with zero attached hydrogens (tertiary/aromatic N) is 1. The van der Waals surface area contributed by atoms with E-state index in [1.165, 1.54) is 18.9 Å². The maximum Gasteiger partial charge on any atom is 0.153 e. The Morgan fingerprint density at radius 1 is 1.33 bits per heavy atom. The van der Waals surface area contributed by atoms with Gasteiger partial charge < -0.3 is 4.98 Å². The van der Waals surface area contributed by atoms with Crippen molar-refractivity contribution in [2.24, 2.45) is 5.92 Å². The molecule has 4 heteroatoms. The number of rotatable bonds is 2. The van der Waals surface area contributed by atoms with Crippen LogP contribution in [-0.2, 0) is 6.42 Å². The van der Waals surface area contributed by atoms with Gasteiger partial charge in [0.15, 0.2) is 5.82 Å². The summed E-state index contributed by atoms with van der Waals surface area (Å²) in [5, 5.41) is 0. The van der Waals surface area contributed by atoms with E-state index in [0.717, 1.165) is 18.3 Å². The summed E-state index contributed by atoms with van der Waals surface area (Å²) >= 11 is 0. The minimum absolute atomic E-state index is 0.243. The molecule has 1 N–H and O–H groups in total. The zero-order chi connectivity index (χ0) is 10.4. The van der Waals surface area contributed by atoms with E-state index < -0.39 is 11.6 Å². The fourth-order valence-corrected chi connectivity index (χ4v) is 1.79. The van der Waals surface area contributed by atoms with Gasteiger partial charge >= 0.3 is 0 Å². The van der Waals surface area contributed by atoms with Gasteiger partial charge in [0.1, 0.15) is 17.2 Å². The Balaban J connectivity index is 2.07. The maximum absolute atomic E-state index is 13.3. The zero-order valence-corrected chi connectivity index (χ0v) is 8.06. The molecule has 2 nitrogen and oxygen atoms in total. The van der Waals surface area contributed by atoms with Crippen molar-refractivity contribution in [2.45, 2.75) is 19.3 Å². The van der Waals surface area contributed by atoms with Gasteiger partial charge in [-0.3, -0.25) is 0 Å². The summed E-state index contributed by atoms with van der Waals surface area (Å²) in [6, 6.07) is 2.14. The molecular weight excluding hydrogens is 198 g/mol. The zero-order valence-electron chi connectivity index (χ0n) is 8.06. The Bertz CT molecular complexity index is 515. The number of hydrogen-bond acceptors (Lipinski definition) is 1. The van der Waals surface area contributed by atoms with Crippen molar-refractivity contribution >= 4 is 11.0 Å². The maximum atomic E-state index is 13.3. The molecule has 1 saturated carbocycles. The second-order valence-electron chi connectivity index (χ2n) is 4.11. The van der Waals surface area contributed by atoms with Crippen molar-refractivity contribution in [3.05, 3.63) is 29.6 Å². The lowest BCUT2D eigenvalue weighted by Gasteiger charge is -1.90. The largest absolute Gasteiger partial charge is 0.342 e. The first-order chi connectivity index (χ1) is 7.22. The van der Waals surface area contributed by atoms with Crippen LogP contribution in [-0.4, -0.2) is 9.97 Å². The van der Waals surface area contributed by atoms with E-state index >= 15 is 0 Å². The molecular formula is C11H10F2N2. The number of fused-ring (bicyclic) bond motifs is 1. The SMILES string of the molecule is Fc1cc(F)c2nc(CC3CC3)[nH]c2c1. The van der Waals surface area contributed by atoms with Crippen LogP contribution in [0.2, 0.25) is 0 Å². The molecule has 2 aromatic rings. The third-order valence-corrected chi connectivity index (χ3v) is 2.73. The summed E-state index contributed by atoms with van der Waals surface area (Å²) in [4.78, 5) is 7.09. The molecule has 0 aliphatic heterocycles. The Labute approximate surface area is 85.3 Å². The van der Waals surface area contributed by atoms with Gasteiger partial charge in [-0.2, -0.15) is 0 Å². The molecule has 0 amide bonds. The number of H-pyrrole nitrogens is 1. The van der Waals surface area contributed by atoms with Crippen LogP contribution < -0.4 is 0 Å². The molecule has 1 aromatic carbocycles. The molecule has 3 rings (SSSR count). The molecule has 78 valence electrons. The fraction of sp³-hybridized carbons (Fsp3) is 0.364. The van der Waals surface area contributed by atoms with Gasteiger partial charge in [-0.05, 0) is 24.8 Å². The fourth-order valence-electron chi connectivity index (χ4n) is 1.79. The lowest BCUT2D eigenvalue weighted by atomic mass is 10.3. The van der Waals surface area contributed by atoms with Crippen LogP contribution in [0.25, 0.3) is 11.0 Å². The smallest absolute Gasteiger partial charge is 0.153 e. The second kappa shape index (κ2) is 3.02. The Morgan fingerprint density at radius 3 is 2.87 bits per heavy atom. The molecule has 1 fully saturated rings. The highest BCUT2D eigenvalue weighted by atomic mass is 19.1. The van der Waals surface area contributed by atoms with E-state index in [2.05, 4.69) is 9.97 Å². The van der Waals surface area contributed by atoms with Gasteiger partial charge in [0.05, 0.1) is 5.52 Å². The van der Waals surface area contributed by atoms with Gasteiger partial charge in [-0.1, -0.05) is 0 Å². The number of halogens is 2. The summed E-state index contributed by atoms with van der Waals surface area (Å²) in [5.41, 5.74) is 0.690. The molecule has 0 unspecified atom stereocenters. The summed E-state index contributed by atoms with van der Waals surface area (Å²) in [5.74, 6) is 0.278. The Hall–Kier alpha value is -1.45. The van der Waals surface area contributed by atoms with Gasteiger partial charge in [-0.15, -0.1) is 0 Å². The summed E-state index contributed by atoms with van der Waals surface area (Å²) in [6.45, 7) is 0. The van der Waals surface area contributed by atoms with Crippen molar-refractivity contribution in [3.8, 4) is 0 Å². The number of aromatic amines is 1. The predicted molar refractivity (Wildman–Crippen MR) is 52.4 cm³/mol. The van der Waals surface area contributed by atoms with Crippen LogP contribution in [0, 0.1) is 17.6 Å². The van der Waals surface area contributed by atoms with Crippen molar-refractivity contribution < 1.29 is 8.78 Å². The summed E-state index contributed by atoms with van der Waals surface area (Å²) in [7, 11) is 0. The van der Waals surface area contributed by atoms with E-state index in [1.54, 1.807) is 0 Å². The van der Waals surface area contributed by atoms with E-state index in [0.29, 0.717) is 11.4 Å². The molecule has 0 radical (unpaired) electrons. The molecule has 0 saturated heterocycles. The number of aromatic nitrogens is 2. The monoisotopic (exact) mass is 208 g/mol. The van der Waals surface area contributed by atoms with Crippen molar-refractivity contribution in [1.29, 1.82) is 0 Å². The first-order valence-electron chi connectivity index (χ1n) is 5.06. The first kappa shape index (κ1) is 8.83. The average Bonchev–Trinajstić information content (AvgIpc) is 2.85. The molecule has 1 heterocycles. The highest BCUT2D eigenvalue weighted by Gasteiger charge is 2.23. The topological polar surface area (TPSA) is 28.7 Å². The Morgan fingerprint density at radius 2 is 2.13 bits per heavy atom. The van der Waals surface area contributed by atoms with Crippen LogP contribution in [0.3, 0.4) is 0 Å². The predicted octanol–water partition coefficient (Wildman–Crippen LogP) is 2.79. The van der Waals surface area contributed by atoms with Crippen LogP contribution >= 0.6 is 0 Å². The minimum Gasteiger partial charge on any atom is -0.342 e. The van der Waals surface area contributed by atoms with E-state index in [9.17, 15) is 8.78 Å². The van der Waals surface area contributed by atoms with Gasteiger partial charge in [0, 0.05) is 12.5 Å². The van der Waals surface area contributed by atoms with E-state index in [4.69, 9.17) is 0 Å². The summed E-state index contributed by atoms with van der Waals surface area (Å²) in [6.07, 6.45) is 3.28. The van der Waals surface area contributed by atoms with E-state index in [-0.39, 0.29) is 5.52 Å². The molecule has 0 atom stereocenters. The molecule has 15 heavy (non-hydrogen) atoms. The van der Waals surface area contributed by atoms with Gasteiger partial charge in [0.25, 0.3) is 0 Å². The van der Waals surface area contributed by atoms with Crippen LogP contribution in [0.5, 0.6) is 0 Å². The number of imidazole rings is 1. The first-order valence-corrected chi connectivity index (χ1v) is 5.06. The second-order valence-corrected chi connectivity index (χ2v) is 4.11. The number of hydrogen-bond donors (Lipinski definition) is 1. The molecule has 1 aliphatic carbocycles. The Kier molecular flexibility index (Phi) is 1.78. The van der Waals surface area contributed by atoms with Gasteiger partial charge in [0.2, 0.25) is 0 Å². The molecule has 1 aromatic heterocycles. The quantitative estimate of drug-likeness (QED) is 0.807. The van der Waals surface area contributed by atoms with Crippen molar-refractivity contribution in [3.63, 3.8) is 0 Å². The summed E-state index contributed by atoms with van der Waals surface area (Å²) < 4.78 is 26.2. The van der Waals surface area contributed by atoms with Crippen molar-refractivity contribution in [1.82, 2.24) is 9.97 Å². The van der Waals surface area contributed by atoms with Crippen LogP contribution in [0.4, 0.5) is 8.78 Å². The third kappa shape index (κ3) is 1.60. The molecule has 1 aliphatic rings. The third-order valence-electron chi connectivity index (χ3n) is 2.73. The standard InChI is InChI=1S/C11H10F2N2/c12-7-4-8(13)11-9(5-7)14-10(15-11)3-6-1-2-6/h4-6H,1-3H2,(H,14,15). The lowest BCUT2D eigenvalue weighted by Crippen LogP contribution is -1.88. The molecule has 0 bridgehead atoms.